The fourth-order valence-electron chi connectivity index (χ4n) is 1.85. The molecule has 0 spiro atoms. The van der Waals surface area contributed by atoms with E-state index in [0.29, 0.717) is 13.0 Å². The van der Waals surface area contributed by atoms with Gasteiger partial charge in [-0.15, -0.1) is 0 Å². The molecule has 2 nitrogen and oxygen atoms in total. The number of halogens is 1. The number of rotatable bonds is 3. The lowest BCUT2D eigenvalue weighted by atomic mass is 9.83. The Hall–Kier alpha value is -0.150. The molecule has 2 unspecified atom stereocenters. The number of alkyl halides is 1. The summed E-state index contributed by atoms with van der Waals surface area (Å²) in [6.07, 6.45) is 2.58. The van der Waals surface area contributed by atoms with Crippen molar-refractivity contribution in [1.82, 2.24) is 5.32 Å². The standard InChI is InChI=1S/C9H19FN2/c1-9(10,4-5-11)8-3-2-6-12-7-8/h8,12H,2-7,11H2,1H3. The number of hydrogen-bond acceptors (Lipinski definition) is 2. The van der Waals surface area contributed by atoms with Gasteiger partial charge >= 0.3 is 0 Å². The molecule has 0 saturated carbocycles. The molecule has 12 heavy (non-hydrogen) atoms. The van der Waals surface area contributed by atoms with Crippen LogP contribution in [0.25, 0.3) is 0 Å². The van der Waals surface area contributed by atoms with Gasteiger partial charge in [0.2, 0.25) is 0 Å². The molecule has 1 fully saturated rings. The highest BCUT2D eigenvalue weighted by molar-refractivity contribution is 4.86. The average molecular weight is 174 g/mol. The van der Waals surface area contributed by atoms with Gasteiger partial charge in [-0.1, -0.05) is 0 Å². The van der Waals surface area contributed by atoms with Crippen LogP contribution in [-0.2, 0) is 0 Å². The molecule has 3 heteroatoms. The van der Waals surface area contributed by atoms with E-state index in [9.17, 15) is 4.39 Å². The van der Waals surface area contributed by atoms with Gasteiger partial charge in [-0.2, -0.15) is 0 Å². The van der Waals surface area contributed by atoms with Crippen molar-refractivity contribution in [3.05, 3.63) is 0 Å². The molecule has 1 rings (SSSR count). The molecule has 0 aromatic carbocycles. The van der Waals surface area contributed by atoms with E-state index in [2.05, 4.69) is 5.32 Å². The molecule has 0 aliphatic carbocycles. The molecule has 3 N–H and O–H groups in total. The summed E-state index contributed by atoms with van der Waals surface area (Å²) in [5.41, 5.74) is 4.29. The highest BCUT2D eigenvalue weighted by Crippen LogP contribution is 2.30. The molecule has 0 aromatic heterocycles. The minimum absolute atomic E-state index is 0.162. The van der Waals surface area contributed by atoms with Crippen LogP contribution in [0, 0.1) is 5.92 Å². The van der Waals surface area contributed by atoms with Gasteiger partial charge in [0.25, 0.3) is 0 Å². The third-order valence-corrected chi connectivity index (χ3v) is 2.78. The van der Waals surface area contributed by atoms with E-state index in [-0.39, 0.29) is 5.92 Å². The van der Waals surface area contributed by atoms with Crippen LogP contribution in [0.15, 0.2) is 0 Å². The third kappa shape index (κ3) is 2.42. The maximum Gasteiger partial charge on any atom is 0.113 e. The molecular weight excluding hydrogens is 155 g/mol. The summed E-state index contributed by atoms with van der Waals surface area (Å²) in [6, 6.07) is 0. The fourth-order valence-corrected chi connectivity index (χ4v) is 1.85. The lowest BCUT2D eigenvalue weighted by Crippen LogP contribution is -2.42. The van der Waals surface area contributed by atoms with Crippen molar-refractivity contribution < 1.29 is 4.39 Å². The molecule has 1 aliphatic heterocycles. The molecule has 0 aromatic rings. The second-order valence-corrected chi connectivity index (χ2v) is 3.86. The molecule has 0 amide bonds. The first-order valence-electron chi connectivity index (χ1n) is 4.76. The monoisotopic (exact) mass is 174 g/mol. The Labute approximate surface area is 73.7 Å². The predicted molar refractivity (Wildman–Crippen MR) is 48.8 cm³/mol. The van der Waals surface area contributed by atoms with Crippen molar-refractivity contribution in [2.75, 3.05) is 19.6 Å². The van der Waals surface area contributed by atoms with Crippen molar-refractivity contribution in [2.45, 2.75) is 31.9 Å². The van der Waals surface area contributed by atoms with Crippen LogP contribution in [0.3, 0.4) is 0 Å². The first-order chi connectivity index (χ1) is 5.67. The number of piperidine rings is 1. The first-order valence-corrected chi connectivity index (χ1v) is 4.76. The normalized spacial score (nSPS) is 29.8. The minimum atomic E-state index is -1.07. The fraction of sp³-hybridized carbons (Fsp3) is 1.00. The van der Waals surface area contributed by atoms with Crippen LogP contribution < -0.4 is 11.1 Å². The summed E-state index contributed by atoms with van der Waals surface area (Å²) in [7, 11) is 0. The van der Waals surface area contributed by atoms with E-state index in [1.807, 2.05) is 0 Å². The SMILES string of the molecule is CC(F)(CCN)C1CCCNC1. The molecule has 0 bridgehead atoms. The summed E-state index contributed by atoms with van der Waals surface area (Å²) in [5, 5.41) is 3.22. The van der Waals surface area contributed by atoms with Crippen LogP contribution >= 0.6 is 0 Å². The van der Waals surface area contributed by atoms with E-state index in [4.69, 9.17) is 5.73 Å². The van der Waals surface area contributed by atoms with Gasteiger partial charge in [-0.3, -0.25) is 0 Å². The lowest BCUT2D eigenvalue weighted by molar-refractivity contribution is 0.0763. The molecule has 1 saturated heterocycles. The summed E-state index contributed by atoms with van der Waals surface area (Å²) < 4.78 is 13.9. The third-order valence-electron chi connectivity index (χ3n) is 2.78. The Balaban J connectivity index is 2.41. The highest BCUT2D eigenvalue weighted by Gasteiger charge is 2.33. The van der Waals surface area contributed by atoms with E-state index in [1.165, 1.54) is 0 Å². The van der Waals surface area contributed by atoms with Crippen molar-refractivity contribution in [3.63, 3.8) is 0 Å². The molecule has 1 heterocycles. The average Bonchev–Trinajstić information content (AvgIpc) is 2.06. The van der Waals surface area contributed by atoms with E-state index in [0.717, 1.165) is 25.9 Å². The smallest absolute Gasteiger partial charge is 0.113 e. The van der Waals surface area contributed by atoms with Crippen molar-refractivity contribution in [1.29, 1.82) is 0 Å². The van der Waals surface area contributed by atoms with Crippen molar-refractivity contribution in [3.8, 4) is 0 Å². The Kier molecular flexibility index (Phi) is 3.47. The maximum absolute atomic E-state index is 13.9. The molecule has 2 atom stereocenters. The predicted octanol–water partition coefficient (Wildman–Crippen LogP) is 1.06. The van der Waals surface area contributed by atoms with Crippen LogP contribution in [0.5, 0.6) is 0 Å². The molecule has 0 radical (unpaired) electrons. The Bertz CT molecular complexity index is 130. The zero-order valence-electron chi connectivity index (χ0n) is 7.78. The van der Waals surface area contributed by atoms with Gasteiger partial charge in [0.1, 0.15) is 5.67 Å². The number of nitrogens with one attached hydrogen (secondary N) is 1. The van der Waals surface area contributed by atoms with Crippen LogP contribution in [0.4, 0.5) is 4.39 Å². The summed E-state index contributed by atoms with van der Waals surface area (Å²) in [4.78, 5) is 0. The summed E-state index contributed by atoms with van der Waals surface area (Å²) in [5.74, 6) is 0.162. The zero-order chi connectivity index (χ0) is 9.03. The van der Waals surface area contributed by atoms with Crippen molar-refractivity contribution in [2.24, 2.45) is 11.7 Å². The second-order valence-electron chi connectivity index (χ2n) is 3.86. The van der Waals surface area contributed by atoms with Gasteiger partial charge in [0.05, 0.1) is 0 Å². The van der Waals surface area contributed by atoms with Gasteiger partial charge in [-0.25, -0.2) is 4.39 Å². The van der Waals surface area contributed by atoms with Gasteiger partial charge in [0, 0.05) is 12.5 Å². The number of nitrogens with two attached hydrogens (primary N) is 1. The summed E-state index contributed by atoms with van der Waals surface area (Å²) >= 11 is 0. The molecule has 1 aliphatic rings. The van der Waals surface area contributed by atoms with Gasteiger partial charge in [0.15, 0.2) is 0 Å². The lowest BCUT2D eigenvalue weighted by Gasteiger charge is -2.33. The van der Waals surface area contributed by atoms with Crippen LogP contribution in [0.1, 0.15) is 26.2 Å². The first kappa shape index (κ1) is 9.93. The largest absolute Gasteiger partial charge is 0.330 e. The topological polar surface area (TPSA) is 38.0 Å². The maximum atomic E-state index is 13.9. The minimum Gasteiger partial charge on any atom is -0.330 e. The van der Waals surface area contributed by atoms with Gasteiger partial charge < -0.3 is 11.1 Å². The molecule has 72 valence electrons. The van der Waals surface area contributed by atoms with Crippen LogP contribution in [0.2, 0.25) is 0 Å². The Morgan fingerprint density at radius 3 is 2.92 bits per heavy atom. The van der Waals surface area contributed by atoms with Crippen molar-refractivity contribution >= 4 is 0 Å². The molecular formula is C9H19FN2. The number of hydrogen-bond donors (Lipinski definition) is 2. The van der Waals surface area contributed by atoms with E-state index in [1.54, 1.807) is 6.92 Å². The quantitative estimate of drug-likeness (QED) is 0.671. The summed E-state index contributed by atoms with van der Waals surface area (Å²) in [6.45, 7) is 3.98. The van der Waals surface area contributed by atoms with Gasteiger partial charge in [-0.05, 0) is 39.3 Å². The van der Waals surface area contributed by atoms with E-state index < -0.39 is 5.67 Å². The van der Waals surface area contributed by atoms with E-state index >= 15 is 0 Å². The zero-order valence-corrected chi connectivity index (χ0v) is 7.78. The van der Waals surface area contributed by atoms with Crippen LogP contribution in [-0.4, -0.2) is 25.3 Å². The highest BCUT2D eigenvalue weighted by atomic mass is 19.1. The second kappa shape index (κ2) is 4.19. The Morgan fingerprint density at radius 2 is 2.42 bits per heavy atom. The Morgan fingerprint density at radius 1 is 1.67 bits per heavy atom.